The van der Waals surface area contributed by atoms with E-state index in [1.165, 1.54) is 12.1 Å². The maximum absolute atomic E-state index is 11.1. The topological polar surface area (TPSA) is 58.6 Å². The van der Waals surface area contributed by atoms with Crippen LogP contribution in [0, 0.1) is 0 Å². The van der Waals surface area contributed by atoms with Gasteiger partial charge in [-0.15, -0.1) is 0 Å². The van der Waals surface area contributed by atoms with Crippen LogP contribution in [0.1, 0.15) is 6.92 Å². The van der Waals surface area contributed by atoms with Crippen LogP contribution in [0.25, 0.3) is 0 Å². The fourth-order valence-corrected chi connectivity index (χ4v) is 1.34. The Balaban J connectivity index is 2.86. The molecule has 0 fully saturated rings. The number of carbonyl (C=O) groups excluding carboxylic acids is 1. The molecule has 0 aromatic heterocycles. The molecule has 0 bridgehead atoms. The monoisotopic (exact) mass is 249 g/mol. The zero-order chi connectivity index (χ0) is 11.4. The Bertz CT molecular complexity index is 382. The number of ether oxygens (including phenoxy) is 1. The lowest BCUT2D eigenvalue weighted by Crippen LogP contribution is -2.13. The molecular formula is C9H9Cl2NO3. The number of rotatable bonds is 2. The van der Waals surface area contributed by atoms with Crippen molar-refractivity contribution in [1.82, 2.24) is 0 Å². The highest BCUT2D eigenvalue weighted by Crippen LogP contribution is 2.33. The van der Waals surface area contributed by atoms with Gasteiger partial charge >= 0.3 is 6.09 Å². The summed E-state index contributed by atoms with van der Waals surface area (Å²) in [7, 11) is 0. The predicted molar refractivity (Wildman–Crippen MR) is 58.8 cm³/mol. The number of halogens is 2. The van der Waals surface area contributed by atoms with Crippen molar-refractivity contribution in [2.24, 2.45) is 0 Å². The third-order valence-corrected chi connectivity index (χ3v) is 2.16. The Hall–Kier alpha value is -1.13. The molecule has 15 heavy (non-hydrogen) atoms. The average Bonchev–Trinajstić information content (AvgIpc) is 2.14. The highest BCUT2D eigenvalue weighted by atomic mass is 35.5. The van der Waals surface area contributed by atoms with E-state index in [1.54, 1.807) is 6.92 Å². The van der Waals surface area contributed by atoms with Gasteiger partial charge in [-0.3, -0.25) is 5.32 Å². The Morgan fingerprint density at radius 3 is 2.73 bits per heavy atom. The number of phenolic OH excluding ortho intramolecular Hbond substituents is 1. The van der Waals surface area contributed by atoms with E-state index in [1.807, 2.05) is 0 Å². The Labute approximate surface area is 96.8 Å². The van der Waals surface area contributed by atoms with E-state index in [4.69, 9.17) is 23.2 Å². The normalized spacial score (nSPS) is 9.80. The molecule has 1 aromatic rings. The Morgan fingerprint density at radius 1 is 1.47 bits per heavy atom. The van der Waals surface area contributed by atoms with Crippen molar-refractivity contribution in [1.29, 1.82) is 0 Å². The average molecular weight is 250 g/mol. The van der Waals surface area contributed by atoms with E-state index in [0.29, 0.717) is 0 Å². The molecule has 0 spiro atoms. The second-order valence-electron chi connectivity index (χ2n) is 2.63. The van der Waals surface area contributed by atoms with E-state index in [0.717, 1.165) is 0 Å². The molecule has 0 radical (unpaired) electrons. The minimum atomic E-state index is -0.638. The van der Waals surface area contributed by atoms with Gasteiger partial charge in [0.2, 0.25) is 0 Å². The summed E-state index contributed by atoms with van der Waals surface area (Å²) in [5.41, 5.74) is 0.247. The van der Waals surface area contributed by atoms with Gasteiger partial charge in [-0.1, -0.05) is 23.2 Å². The molecule has 0 saturated carbocycles. The fourth-order valence-electron chi connectivity index (χ4n) is 0.910. The first-order valence-electron chi connectivity index (χ1n) is 4.16. The van der Waals surface area contributed by atoms with Gasteiger partial charge in [-0.25, -0.2) is 4.79 Å². The van der Waals surface area contributed by atoms with Gasteiger partial charge in [0.15, 0.2) is 0 Å². The molecule has 1 aromatic carbocycles. The van der Waals surface area contributed by atoms with Crippen LogP contribution in [0.2, 0.25) is 10.0 Å². The summed E-state index contributed by atoms with van der Waals surface area (Å²) in [5.74, 6) is -0.159. The van der Waals surface area contributed by atoms with Crippen LogP contribution in [-0.2, 0) is 4.74 Å². The molecule has 6 heteroatoms. The third kappa shape index (κ3) is 3.18. The zero-order valence-electron chi connectivity index (χ0n) is 7.88. The largest absolute Gasteiger partial charge is 0.506 e. The molecule has 1 rings (SSSR count). The van der Waals surface area contributed by atoms with Gasteiger partial charge < -0.3 is 9.84 Å². The molecule has 0 aliphatic rings. The van der Waals surface area contributed by atoms with Gasteiger partial charge in [-0.2, -0.15) is 0 Å². The van der Waals surface area contributed by atoms with Crippen molar-refractivity contribution in [2.45, 2.75) is 6.92 Å². The minimum absolute atomic E-state index is 0.120. The van der Waals surface area contributed by atoms with E-state index in [9.17, 15) is 9.90 Å². The SMILES string of the molecule is CCOC(=O)Nc1cc(O)c(Cl)cc1Cl. The van der Waals surface area contributed by atoms with E-state index in [-0.39, 0.29) is 28.1 Å². The first-order valence-corrected chi connectivity index (χ1v) is 4.92. The summed E-state index contributed by atoms with van der Waals surface area (Å²) >= 11 is 11.4. The molecule has 0 aliphatic carbocycles. The van der Waals surface area contributed by atoms with Crippen molar-refractivity contribution < 1.29 is 14.6 Å². The molecule has 0 atom stereocenters. The molecule has 2 N–H and O–H groups in total. The smallest absolute Gasteiger partial charge is 0.411 e. The van der Waals surface area contributed by atoms with Gasteiger partial charge in [0.05, 0.1) is 22.3 Å². The van der Waals surface area contributed by atoms with Gasteiger partial charge in [-0.05, 0) is 13.0 Å². The van der Waals surface area contributed by atoms with Crippen LogP contribution >= 0.6 is 23.2 Å². The van der Waals surface area contributed by atoms with Crippen LogP contribution in [-0.4, -0.2) is 17.8 Å². The second kappa shape index (κ2) is 5.09. The number of hydrogen-bond donors (Lipinski definition) is 2. The van der Waals surface area contributed by atoms with E-state index in [2.05, 4.69) is 10.1 Å². The summed E-state index contributed by atoms with van der Waals surface area (Å²) in [6.45, 7) is 1.93. The number of carbonyl (C=O) groups is 1. The molecule has 0 aliphatic heterocycles. The number of amides is 1. The Morgan fingerprint density at radius 2 is 2.13 bits per heavy atom. The quantitative estimate of drug-likeness (QED) is 0.846. The number of phenols is 1. The minimum Gasteiger partial charge on any atom is -0.506 e. The van der Waals surface area contributed by atoms with Crippen molar-refractivity contribution in [2.75, 3.05) is 11.9 Å². The van der Waals surface area contributed by atoms with Gasteiger partial charge in [0, 0.05) is 6.07 Å². The first-order chi connectivity index (χ1) is 7.04. The summed E-state index contributed by atoms with van der Waals surface area (Å²) in [6.07, 6.45) is -0.638. The van der Waals surface area contributed by atoms with E-state index >= 15 is 0 Å². The maximum Gasteiger partial charge on any atom is 0.411 e. The number of aromatic hydroxyl groups is 1. The molecular weight excluding hydrogens is 241 g/mol. The van der Waals surface area contributed by atoms with Crippen molar-refractivity contribution in [3.8, 4) is 5.75 Å². The van der Waals surface area contributed by atoms with Gasteiger partial charge in [0.1, 0.15) is 5.75 Å². The van der Waals surface area contributed by atoms with Gasteiger partial charge in [0.25, 0.3) is 0 Å². The molecule has 0 saturated heterocycles. The molecule has 0 heterocycles. The van der Waals surface area contributed by atoms with Crippen LogP contribution in [0.15, 0.2) is 12.1 Å². The summed E-state index contributed by atoms with van der Waals surface area (Å²) in [4.78, 5) is 11.1. The van der Waals surface area contributed by atoms with Crippen molar-refractivity contribution in [3.05, 3.63) is 22.2 Å². The summed E-state index contributed by atoms with van der Waals surface area (Å²) < 4.78 is 4.65. The predicted octanol–water partition coefficient (Wildman–Crippen LogP) is 3.27. The first kappa shape index (κ1) is 11.9. The van der Waals surface area contributed by atoms with Crippen LogP contribution in [0.3, 0.4) is 0 Å². The summed E-state index contributed by atoms with van der Waals surface area (Å²) in [5, 5.41) is 12.0. The zero-order valence-corrected chi connectivity index (χ0v) is 9.39. The second-order valence-corrected chi connectivity index (χ2v) is 3.44. The number of anilines is 1. The number of benzene rings is 1. The maximum atomic E-state index is 11.1. The highest BCUT2D eigenvalue weighted by molar-refractivity contribution is 6.37. The fraction of sp³-hybridized carbons (Fsp3) is 0.222. The lowest BCUT2D eigenvalue weighted by molar-refractivity contribution is 0.168. The highest BCUT2D eigenvalue weighted by Gasteiger charge is 2.09. The molecule has 1 amide bonds. The third-order valence-electron chi connectivity index (χ3n) is 1.55. The standard InChI is InChI=1S/C9H9Cl2NO3/c1-2-15-9(14)12-7-4-8(13)6(11)3-5(7)10/h3-4,13H,2H2,1H3,(H,12,14). The molecule has 0 unspecified atom stereocenters. The van der Waals surface area contributed by atoms with Crippen LogP contribution < -0.4 is 5.32 Å². The van der Waals surface area contributed by atoms with E-state index < -0.39 is 6.09 Å². The van der Waals surface area contributed by atoms with Crippen LogP contribution in [0.5, 0.6) is 5.75 Å². The molecule has 4 nitrogen and oxygen atoms in total. The Kier molecular flexibility index (Phi) is 4.05. The lowest BCUT2D eigenvalue weighted by Gasteiger charge is -2.08. The van der Waals surface area contributed by atoms with Crippen molar-refractivity contribution in [3.63, 3.8) is 0 Å². The summed E-state index contributed by atoms with van der Waals surface area (Å²) in [6, 6.07) is 2.58. The number of hydrogen-bond acceptors (Lipinski definition) is 3. The van der Waals surface area contributed by atoms with Crippen LogP contribution in [0.4, 0.5) is 10.5 Å². The van der Waals surface area contributed by atoms with Crippen molar-refractivity contribution >= 4 is 35.0 Å². The lowest BCUT2D eigenvalue weighted by atomic mass is 10.3. The number of nitrogens with one attached hydrogen (secondary N) is 1. The molecule has 82 valence electrons.